The first-order valence-corrected chi connectivity index (χ1v) is 7.05. The van der Waals surface area contributed by atoms with Gasteiger partial charge in [-0.3, -0.25) is 0 Å². The molecule has 1 fully saturated rings. The van der Waals surface area contributed by atoms with Gasteiger partial charge >= 0.3 is 5.97 Å². The smallest absolute Gasteiger partial charge is 0.340 e. The van der Waals surface area contributed by atoms with Gasteiger partial charge in [-0.25, -0.2) is 4.79 Å². The maximum Gasteiger partial charge on any atom is 0.340 e. The summed E-state index contributed by atoms with van der Waals surface area (Å²) in [4.78, 5) is 16.6. The molecule has 0 aromatic heterocycles. The van der Waals surface area contributed by atoms with Crippen LogP contribution in [0.3, 0.4) is 0 Å². The van der Waals surface area contributed by atoms with Crippen LogP contribution in [-0.2, 0) is 4.74 Å². The Morgan fingerprint density at radius 2 is 2.20 bits per heavy atom. The Balaban J connectivity index is 2.33. The van der Waals surface area contributed by atoms with E-state index in [0.717, 1.165) is 25.3 Å². The van der Waals surface area contributed by atoms with E-state index in [0.29, 0.717) is 23.9 Å². The molecule has 1 heterocycles. The standard InChI is InChI=1S/C15H23N3O2/c1-4-20-15(19)12-6-5-7-13(16)14(12)18-9-8-17(3)11(2)10-18/h5-7,11H,4,8-10,16H2,1-3H3. The summed E-state index contributed by atoms with van der Waals surface area (Å²) in [5.74, 6) is -0.304. The minimum atomic E-state index is -0.304. The van der Waals surface area contributed by atoms with Crippen LogP contribution in [0.15, 0.2) is 18.2 Å². The van der Waals surface area contributed by atoms with Gasteiger partial charge in [-0.15, -0.1) is 0 Å². The third-order valence-corrected chi connectivity index (χ3v) is 3.84. The Morgan fingerprint density at radius 1 is 1.45 bits per heavy atom. The van der Waals surface area contributed by atoms with E-state index in [9.17, 15) is 4.79 Å². The SMILES string of the molecule is CCOC(=O)c1cccc(N)c1N1CCN(C)C(C)C1. The second-order valence-corrected chi connectivity index (χ2v) is 5.24. The summed E-state index contributed by atoms with van der Waals surface area (Å²) in [5, 5.41) is 0. The van der Waals surface area contributed by atoms with Crippen molar-refractivity contribution in [2.75, 3.05) is 43.9 Å². The molecule has 2 N–H and O–H groups in total. The monoisotopic (exact) mass is 277 g/mol. The highest BCUT2D eigenvalue weighted by Crippen LogP contribution is 2.30. The van der Waals surface area contributed by atoms with Gasteiger partial charge < -0.3 is 20.3 Å². The fraction of sp³-hybridized carbons (Fsp3) is 0.533. The van der Waals surface area contributed by atoms with Crippen LogP contribution < -0.4 is 10.6 Å². The number of rotatable bonds is 3. The summed E-state index contributed by atoms with van der Waals surface area (Å²) in [5.41, 5.74) is 8.10. The van der Waals surface area contributed by atoms with Gasteiger partial charge in [0.15, 0.2) is 0 Å². The molecule has 0 radical (unpaired) electrons. The summed E-state index contributed by atoms with van der Waals surface area (Å²) in [6.45, 7) is 7.03. The summed E-state index contributed by atoms with van der Waals surface area (Å²) >= 11 is 0. The fourth-order valence-corrected chi connectivity index (χ4v) is 2.54. The number of para-hydroxylation sites is 1. The first-order chi connectivity index (χ1) is 9.54. The third kappa shape index (κ3) is 2.88. The Hall–Kier alpha value is -1.75. The van der Waals surface area contributed by atoms with Crippen LogP contribution >= 0.6 is 0 Å². The number of carbonyl (C=O) groups excluding carboxylic acids is 1. The van der Waals surface area contributed by atoms with Crippen molar-refractivity contribution in [2.45, 2.75) is 19.9 Å². The Kier molecular flexibility index (Phi) is 4.49. The number of esters is 1. The number of ether oxygens (including phenoxy) is 1. The normalized spacial score (nSPS) is 19.9. The molecule has 1 aliphatic rings. The van der Waals surface area contributed by atoms with E-state index in [-0.39, 0.29) is 5.97 Å². The molecule has 1 aromatic rings. The Bertz CT molecular complexity index is 490. The van der Waals surface area contributed by atoms with E-state index < -0.39 is 0 Å². The van der Waals surface area contributed by atoms with Crippen molar-refractivity contribution in [3.8, 4) is 0 Å². The molecular formula is C15H23N3O2. The lowest BCUT2D eigenvalue weighted by molar-refractivity contribution is 0.0527. The molecule has 0 aliphatic carbocycles. The molecule has 5 nitrogen and oxygen atoms in total. The number of hydrogen-bond donors (Lipinski definition) is 1. The van der Waals surface area contributed by atoms with Crippen LogP contribution in [0.1, 0.15) is 24.2 Å². The lowest BCUT2D eigenvalue weighted by Crippen LogP contribution is -2.50. The van der Waals surface area contributed by atoms with Crippen molar-refractivity contribution in [3.05, 3.63) is 23.8 Å². The number of likely N-dealkylation sites (N-methyl/N-ethyl adjacent to an activating group) is 1. The number of hydrogen-bond acceptors (Lipinski definition) is 5. The van der Waals surface area contributed by atoms with Gasteiger partial charge in [0.05, 0.1) is 23.5 Å². The van der Waals surface area contributed by atoms with E-state index in [1.165, 1.54) is 0 Å². The van der Waals surface area contributed by atoms with Crippen molar-refractivity contribution < 1.29 is 9.53 Å². The van der Waals surface area contributed by atoms with Gasteiger partial charge in [0.2, 0.25) is 0 Å². The van der Waals surface area contributed by atoms with Crippen LogP contribution in [0.2, 0.25) is 0 Å². The molecule has 110 valence electrons. The molecule has 1 atom stereocenters. The zero-order valence-electron chi connectivity index (χ0n) is 12.4. The highest BCUT2D eigenvalue weighted by atomic mass is 16.5. The van der Waals surface area contributed by atoms with Gasteiger partial charge in [-0.1, -0.05) is 6.07 Å². The lowest BCUT2D eigenvalue weighted by atomic mass is 10.1. The molecule has 1 aromatic carbocycles. The highest BCUT2D eigenvalue weighted by molar-refractivity contribution is 5.99. The maximum absolute atomic E-state index is 12.1. The van der Waals surface area contributed by atoms with Gasteiger partial charge in [0.1, 0.15) is 0 Å². The van der Waals surface area contributed by atoms with Crippen LogP contribution in [0.5, 0.6) is 0 Å². The minimum absolute atomic E-state index is 0.304. The lowest BCUT2D eigenvalue weighted by Gasteiger charge is -2.40. The van der Waals surface area contributed by atoms with Crippen molar-refractivity contribution in [2.24, 2.45) is 0 Å². The maximum atomic E-state index is 12.1. The number of anilines is 2. The van der Waals surface area contributed by atoms with Crippen LogP contribution in [0, 0.1) is 0 Å². The summed E-state index contributed by atoms with van der Waals surface area (Å²) in [6, 6.07) is 5.84. The predicted molar refractivity (Wildman–Crippen MR) is 81.1 cm³/mol. The van der Waals surface area contributed by atoms with Crippen molar-refractivity contribution in [3.63, 3.8) is 0 Å². The number of nitrogens with two attached hydrogens (primary N) is 1. The van der Waals surface area contributed by atoms with Gasteiger partial charge in [0.25, 0.3) is 0 Å². The van der Waals surface area contributed by atoms with Crippen molar-refractivity contribution in [1.82, 2.24) is 4.90 Å². The number of piperazine rings is 1. The van der Waals surface area contributed by atoms with Gasteiger partial charge in [-0.05, 0) is 33.0 Å². The Labute approximate surface area is 120 Å². The summed E-state index contributed by atoms with van der Waals surface area (Å²) in [7, 11) is 2.11. The molecular weight excluding hydrogens is 254 g/mol. The molecule has 5 heteroatoms. The predicted octanol–water partition coefficient (Wildman–Crippen LogP) is 1.59. The molecule has 1 unspecified atom stereocenters. The largest absolute Gasteiger partial charge is 0.462 e. The quantitative estimate of drug-likeness (QED) is 0.671. The zero-order chi connectivity index (χ0) is 14.7. The summed E-state index contributed by atoms with van der Waals surface area (Å²) < 4.78 is 5.13. The van der Waals surface area contributed by atoms with Crippen LogP contribution in [-0.4, -0.2) is 50.2 Å². The van der Waals surface area contributed by atoms with E-state index in [2.05, 4.69) is 23.8 Å². The van der Waals surface area contributed by atoms with Crippen molar-refractivity contribution >= 4 is 17.3 Å². The molecule has 0 saturated carbocycles. The molecule has 1 aliphatic heterocycles. The highest BCUT2D eigenvalue weighted by Gasteiger charge is 2.26. The second kappa shape index (κ2) is 6.13. The topological polar surface area (TPSA) is 58.8 Å². The second-order valence-electron chi connectivity index (χ2n) is 5.24. The number of nitrogens with zero attached hydrogens (tertiary/aromatic N) is 2. The Morgan fingerprint density at radius 3 is 2.85 bits per heavy atom. The van der Waals surface area contributed by atoms with E-state index >= 15 is 0 Å². The molecule has 0 bridgehead atoms. The molecule has 20 heavy (non-hydrogen) atoms. The molecule has 0 spiro atoms. The molecule has 1 saturated heterocycles. The molecule has 0 amide bonds. The van der Waals surface area contributed by atoms with Crippen molar-refractivity contribution in [1.29, 1.82) is 0 Å². The van der Waals surface area contributed by atoms with Gasteiger partial charge in [0, 0.05) is 25.7 Å². The fourth-order valence-electron chi connectivity index (χ4n) is 2.54. The average Bonchev–Trinajstić information content (AvgIpc) is 2.42. The van der Waals surface area contributed by atoms with E-state index in [4.69, 9.17) is 10.5 Å². The molecule has 2 rings (SSSR count). The van der Waals surface area contributed by atoms with E-state index in [1.54, 1.807) is 12.1 Å². The first-order valence-electron chi connectivity index (χ1n) is 7.05. The third-order valence-electron chi connectivity index (χ3n) is 3.84. The van der Waals surface area contributed by atoms with Crippen LogP contribution in [0.4, 0.5) is 11.4 Å². The number of nitrogen functional groups attached to an aromatic ring is 1. The minimum Gasteiger partial charge on any atom is -0.462 e. The number of benzene rings is 1. The first kappa shape index (κ1) is 14.7. The summed E-state index contributed by atoms with van der Waals surface area (Å²) in [6.07, 6.45) is 0. The van der Waals surface area contributed by atoms with Gasteiger partial charge in [-0.2, -0.15) is 0 Å². The number of carbonyl (C=O) groups is 1. The van der Waals surface area contributed by atoms with E-state index in [1.807, 2.05) is 13.0 Å². The average molecular weight is 277 g/mol. The zero-order valence-corrected chi connectivity index (χ0v) is 12.4. The van der Waals surface area contributed by atoms with Crippen LogP contribution in [0.25, 0.3) is 0 Å².